The number of rotatable bonds is 5. The molecule has 1 heterocycles. The minimum absolute atomic E-state index is 0.155. The molecule has 0 aliphatic carbocycles. The lowest BCUT2D eigenvalue weighted by molar-refractivity contribution is 0.172. The third kappa shape index (κ3) is 3.76. The van der Waals surface area contributed by atoms with Gasteiger partial charge in [0.25, 0.3) is 0 Å². The van der Waals surface area contributed by atoms with Crippen LogP contribution in [0.3, 0.4) is 0 Å². The van der Waals surface area contributed by atoms with E-state index in [1.165, 1.54) is 10.6 Å². The molecule has 17 heavy (non-hydrogen) atoms. The Labute approximate surface area is 109 Å². The zero-order chi connectivity index (χ0) is 13.2. The van der Waals surface area contributed by atoms with E-state index in [9.17, 15) is 0 Å². The molecule has 0 saturated carbocycles. The van der Waals surface area contributed by atoms with Crippen LogP contribution in [0.5, 0.6) is 0 Å². The second-order valence-corrected chi connectivity index (χ2v) is 7.04. The van der Waals surface area contributed by atoms with Crippen LogP contribution < -0.4 is 5.73 Å². The number of nitrogens with zero attached hydrogens (tertiary/aromatic N) is 2. The molecule has 2 N–H and O–H groups in total. The van der Waals surface area contributed by atoms with Crippen molar-refractivity contribution in [2.75, 3.05) is 20.1 Å². The van der Waals surface area contributed by atoms with E-state index in [4.69, 9.17) is 5.73 Å². The normalized spacial score (nSPS) is 14.4. The summed E-state index contributed by atoms with van der Waals surface area (Å²) in [5.41, 5.74) is 7.15. The van der Waals surface area contributed by atoms with E-state index in [1.807, 2.05) is 0 Å². The van der Waals surface area contributed by atoms with Gasteiger partial charge in [0.1, 0.15) is 0 Å². The first-order valence-corrected chi connectivity index (χ1v) is 6.92. The molecule has 0 aliphatic heterocycles. The van der Waals surface area contributed by atoms with Gasteiger partial charge < -0.3 is 5.73 Å². The van der Waals surface area contributed by atoms with Crippen LogP contribution in [0.2, 0.25) is 0 Å². The van der Waals surface area contributed by atoms with Gasteiger partial charge in [-0.15, -0.1) is 11.3 Å². The molecule has 1 rings (SSSR count). The number of thiazole rings is 1. The highest BCUT2D eigenvalue weighted by Gasteiger charge is 2.23. The third-order valence-corrected chi connectivity index (χ3v) is 4.13. The quantitative estimate of drug-likeness (QED) is 0.879. The van der Waals surface area contributed by atoms with Gasteiger partial charge in [0.05, 0.1) is 16.7 Å². The molecule has 1 atom stereocenters. The van der Waals surface area contributed by atoms with Gasteiger partial charge in [0, 0.05) is 11.4 Å². The van der Waals surface area contributed by atoms with Crippen LogP contribution in [-0.4, -0.2) is 30.0 Å². The second-order valence-electron chi connectivity index (χ2n) is 5.63. The van der Waals surface area contributed by atoms with Crippen LogP contribution in [0.25, 0.3) is 0 Å². The molecule has 4 heteroatoms. The van der Waals surface area contributed by atoms with E-state index in [0.717, 1.165) is 11.6 Å². The standard InChI is InChI=1S/C13H25N3S/c1-9(12-10(2)17-11(3)15-12)16(6)8-13(4,5)7-14/h9H,7-8,14H2,1-6H3. The molecular formula is C13H25N3S. The van der Waals surface area contributed by atoms with Crippen LogP contribution in [-0.2, 0) is 0 Å². The van der Waals surface area contributed by atoms with Gasteiger partial charge >= 0.3 is 0 Å². The molecule has 0 fully saturated rings. The van der Waals surface area contributed by atoms with Crippen LogP contribution in [0.15, 0.2) is 0 Å². The van der Waals surface area contributed by atoms with Crippen molar-refractivity contribution in [2.45, 2.75) is 40.7 Å². The highest BCUT2D eigenvalue weighted by molar-refractivity contribution is 7.11. The Morgan fingerprint density at radius 3 is 2.41 bits per heavy atom. The molecule has 1 aromatic rings. The predicted molar refractivity (Wildman–Crippen MR) is 75.5 cm³/mol. The largest absolute Gasteiger partial charge is 0.330 e. The van der Waals surface area contributed by atoms with Crippen molar-refractivity contribution in [1.82, 2.24) is 9.88 Å². The fraction of sp³-hybridized carbons (Fsp3) is 0.769. The van der Waals surface area contributed by atoms with E-state index in [1.54, 1.807) is 11.3 Å². The van der Waals surface area contributed by atoms with Crippen molar-refractivity contribution >= 4 is 11.3 Å². The van der Waals surface area contributed by atoms with Gasteiger partial charge in [-0.3, -0.25) is 4.90 Å². The molecule has 0 aromatic carbocycles. The molecule has 0 bridgehead atoms. The number of aryl methyl sites for hydroxylation is 2. The Morgan fingerprint density at radius 2 is 2.00 bits per heavy atom. The van der Waals surface area contributed by atoms with Crippen LogP contribution in [0.1, 0.15) is 42.4 Å². The number of aromatic nitrogens is 1. The summed E-state index contributed by atoms with van der Waals surface area (Å²) in [5, 5.41) is 1.15. The first kappa shape index (κ1) is 14.6. The maximum absolute atomic E-state index is 5.79. The Balaban J connectivity index is 2.76. The summed E-state index contributed by atoms with van der Waals surface area (Å²) >= 11 is 1.78. The molecule has 0 saturated heterocycles. The smallest absolute Gasteiger partial charge is 0.0900 e. The molecule has 98 valence electrons. The molecule has 1 aromatic heterocycles. The third-order valence-electron chi connectivity index (χ3n) is 3.23. The highest BCUT2D eigenvalue weighted by Crippen LogP contribution is 2.28. The van der Waals surface area contributed by atoms with E-state index in [0.29, 0.717) is 12.6 Å². The maximum Gasteiger partial charge on any atom is 0.0900 e. The topological polar surface area (TPSA) is 42.2 Å². The van der Waals surface area contributed by atoms with Gasteiger partial charge in [0.15, 0.2) is 0 Å². The van der Waals surface area contributed by atoms with E-state index in [2.05, 4.69) is 51.6 Å². The van der Waals surface area contributed by atoms with Gasteiger partial charge in [-0.2, -0.15) is 0 Å². The predicted octanol–water partition coefficient (Wildman–Crippen LogP) is 2.74. The van der Waals surface area contributed by atoms with Crippen molar-refractivity contribution < 1.29 is 0 Å². The summed E-state index contributed by atoms with van der Waals surface area (Å²) in [5.74, 6) is 0. The molecule has 1 unspecified atom stereocenters. The molecule has 0 radical (unpaired) electrons. The molecule has 0 amide bonds. The average molecular weight is 255 g/mol. The lowest BCUT2D eigenvalue weighted by Crippen LogP contribution is -2.38. The summed E-state index contributed by atoms with van der Waals surface area (Å²) in [6.45, 7) is 12.5. The van der Waals surface area contributed by atoms with Crippen molar-refractivity contribution in [2.24, 2.45) is 11.1 Å². The summed E-state index contributed by atoms with van der Waals surface area (Å²) in [6.07, 6.45) is 0. The van der Waals surface area contributed by atoms with Crippen LogP contribution >= 0.6 is 11.3 Å². The lowest BCUT2D eigenvalue weighted by Gasteiger charge is -2.32. The van der Waals surface area contributed by atoms with Crippen molar-refractivity contribution in [3.8, 4) is 0 Å². The fourth-order valence-corrected chi connectivity index (χ4v) is 2.93. The Bertz CT molecular complexity index is 371. The number of hydrogen-bond donors (Lipinski definition) is 1. The van der Waals surface area contributed by atoms with Gasteiger partial charge in [-0.05, 0) is 39.8 Å². The Morgan fingerprint density at radius 1 is 1.41 bits per heavy atom. The van der Waals surface area contributed by atoms with E-state index < -0.39 is 0 Å². The zero-order valence-electron chi connectivity index (χ0n) is 11.9. The Hall–Kier alpha value is -0.450. The van der Waals surface area contributed by atoms with Crippen molar-refractivity contribution in [1.29, 1.82) is 0 Å². The fourth-order valence-electron chi connectivity index (χ4n) is 2.02. The number of nitrogens with two attached hydrogens (primary N) is 1. The van der Waals surface area contributed by atoms with Crippen LogP contribution in [0.4, 0.5) is 0 Å². The van der Waals surface area contributed by atoms with Crippen LogP contribution in [0, 0.1) is 19.3 Å². The summed E-state index contributed by atoms with van der Waals surface area (Å²) in [4.78, 5) is 8.30. The SMILES string of the molecule is Cc1nc(C(C)N(C)CC(C)(C)CN)c(C)s1. The lowest BCUT2D eigenvalue weighted by atomic mass is 9.92. The molecule has 3 nitrogen and oxygen atoms in total. The monoisotopic (exact) mass is 255 g/mol. The first-order valence-electron chi connectivity index (χ1n) is 6.11. The summed E-state index contributed by atoms with van der Waals surface area (Å²) < 4.78 is 0. The highest BCUT2D eigenvalue weighted by atomic mass is 32.1. The Kier molecular flexibility index (Phi) is 4.69. The summed E-state index contributed by atoms with van der Waals surface area (Å²) in [7, 11) is 2.15. The van der Waals surface area contributed by atoms with E-state index in [-0.39, 0.29) is 5.41 Å². The second kappa shape index (κ2) is 5.46. The van der Waals surface area contributed by atoms with Gasteiger partial charge in [0.2, 0.25) is 0 Å². The molecule has 0 aliphatic rings. The van der Waals surface area contributed by atoms with Crippen molar-refractivity contribution in [3.05, 3.63) is 15.6 Å². The number of hydrogen-bond acceptors (Lipinski definition) is 4. The van der Waals surface area contributed by atoms with E-state index >= 15 is 0 Å². The first-order chi connectivity index (χ1) is 7.76. The molecule has 0 spiro atoms. The van der Waals surface area contributed by atoms with Gasteiger partial charge in [-0.1, -0.05) is 13.8 Å². The maximum atomic E-state index is 5.79. The van der Waals surface area contributed by atoms with Gasteiger partial charge in [-0.25, -0.2) is 4.98 Å². The molecular weight excluding hydrogens is 230 g/mol. The zero-order valence-corrected chi connectivity index (χ0v) is 12.7. The van der Waals surface area contributed by atoms with Crippen molar-refractivity contribution in [3.63, 3.8) is 0 Å². The summed E-state index contributed by atoms with van der Waals surface area (Å²) in [6, 6.07) is 0.353. The average Bonchev–Trinajstić information content (AvgIpc) is 2.56. The minimum Gasteiger partial charge on any atom is -0.330 e. The minimum atomic E-state index is 0.155.